The average Bonchev–Trinajstić information content (AvgIpc) is 3.13. The summed E-state index contributed by atoms with van der Waals surface area (Å²) >= 11 is 0. The second-order valence-corrected chi connectivity index (χ2v) is 5.12. The number of carbonyl (C=O) groups excluding carboxylic acids is 1. The van der Waals surface area contributed by atoms with Gasteiger partial charge < -0.3 is 10.1 Å². The van der Waals surface area contributed by atoms with Crippen LogP contribution in [0.2, 0.25) is 0 Å². The van der Waals surface area contributed by atoms with Gasteiger partial charge in [-0.05, 0) is 30.3 Å². The van der Waals surface area contributed by atoms with Crippen LogP contribution in [-0.4, -0.2) is 32.6 Å². The normalized spacial score (nSPS) is 10.6. The second kappa shape index (κ2) is 5.96. The lowest BCUT2D eigenvalue weighted by Crippen LogP contribution is -2.15. The van der Waals surface area contributed by atoms with Crippen LogP contribution in [0.3, 0.4) is 0 Å². The Morgan fingerprint density at radius 2 is 1.96 bits per heavy atom. The maximum atomic E-state index is 12.4. The number of carbonyl (C=O) groups is 1. The van der Waals surface area contributed by atoms with Crippen molar-refractivity contribution in [3.05, 3.63) is 48.4 Å². The van der Waals surface area contributed by atoms with E-state index < -0.39 is 0 Å². The molecule has 118 valence electrons. The number of hydrogen-bond donors (Lipinski definition) is 1. The molecule has 0 atom stereocenters. The molecule has 7 heteroatoms. The van der Waals surface area contributed by atoms with Gasteiger partial charge in [-0.3, -0.25) is 14.2 Å². The molecule has 3 rings (SSSR count). The molecule has 1 aromatic carbocycles. The summed E-state index contributed by atoms with van der Waals surface area (Å²) in [5.41, 5.74) is 2.76. The smallest absolute Gasteiger partial charge is 0.274 e. The summed E-state index contributed by atoms with van der Waals surface area (Å²) < 4.78 is 8.33. The van der Waals surface area contributed by atoms with Crippen molar-refractivity contribution < 1.29 is 9.53 Å². The number of rotatable bonds is 4. The number of amides is 1. The molecule has 7 nitrogen and oxygen atoms in total. The van der Waals surface area contributed by atoms with Gasteiger partial charge in [0, 0.05) is 25.9 Å². The van der Waals surface area contributed by atoms with Crippen LogP contribution in [0.5, 0.6) is 5.75 Å². The summed E-state index contributed by atoms with van der Waals surface area (Å²) in [5.74, 6) is 0.548. The van der Waals surface area contributed by atoms with Crippen LogP contribution in [0.15, 0.2) is 42.7 Å². The highest BCUT2D eigenvalue weighted by molar-refractivity contribution is 6.03. The van der Waals surface area contributed by atoms with Gasteiger partial charge in [-0.1, -0.05) is 0 Å². The maximum absolute atomic E-state index is 12.4. The fourth-order valence-corrected chi connectivity index (χ4v) is 2.26. The highest BCUT2D eigenvalue weighted by atomic mass is 16.5. The molecule has 0 saturated heterocycles. The van der Waals surface area contributed by atoms with E-state index in [1.807, 2.05) is 24.3 Å². The summed E-state index contributed by atoms with van der Waals surface area (Å²) in [6.07, 6.45) is 3.33. The molecule has 0 aliphatic carbocycles. The maximum Gasteiger partial charge on any atom is 0.274 e. The van der Waals surface area contributed by atoms with Crippen LogP contribution in [0, 0.1) is 0 Å². The number of nitrogens with zero attached hydrogens (tertiary/aromatic N) is 4. The van der Waals surface area contributed by atoms with Gasteiger partial charge in [0.05, 0.1) is 24.7 Å². The van der Waals surface area contributed by atoms with Crippen LogP contribution in [-0.2, 0) is 14.1 Å². The van der Waals surface area contributed by atoms with Crippen LogP contribution < -0.4 is 10.1 Å². The molecule has 0 aliphatic rings. The molecule has 0 spiro atoms. The highest BCUT2D eigenvalue weighted by Gasteiger charge is 2.15. The average molecular weight is 311 g/mol. The number of methoxy groups -OCH3 is 1. The zero-order valence-corrected chi connectivity index (χ0v) is 13.1. The molecule has 0 unspecified atom stereocenters. The van der Waals surface area contributed by atoms with E-state index in [4.69, 9.17) is 4.74 Å². The van der Waals surface area contributed by atoms with Gasteiger partial charge in [0.2, 0.25) is 0 Å². The molecule has 0 saturated carbocycles. The Hall–Kier alpha value is -3.09. The van der Waals surface area contributed by atoms with Crippen LogP contribution in [0.4, 0.5) is 5.69 Å². The van der Waals surface area contributed by atoms with Crippen LogP contribution >= 0.6 is 0 Å². The minimum Gasteiger partial charge on any atom is -0.497 e. The number of benzene rings is 1. The molecular formula is C16H17N5O2. The Kier molecular flexibility index (Phi) is 3.84. The van der Waals surface area contributed by atoms with E-state index >= 15 is 0 Å². The van der Waals surface area contributed by atoms with Crippen LogP contribution in [0.1, 0.15) is 10.5 Å². The minimum absolute atomic E-state index is 0.229. The molecule has 0 aliphatic heterocycles. The topological polar surface area (TPSA) is 74.0 Å². The van der Waals surface area contributed by atoms with E-state index in [1.54, 1.807) is 49.0 Å². The zero-order chi connectivity index (χ0) is 16.4. The Morgan fingerprint density at radius 1 is 1.22 bits per heavy atom. The van der Waals surface area contributed by atoms with Gasteiger partial charge >= 0.3 is 0 Å². The summed E-state index contributed by atoms with van der Waals surface area (Å²) in [6, 6.07) is 9.29. The number of aryl methyl sites for hydroxylation is 2. The van der Waals surface area contributed by atoms with E-state index in [2.05, 4.69) is 15.5 Å². The Bertz CT molecular complexity index is 833. The first-order valence-electron chi connectivity index (χ1n) is 7.05. The summed E-state index contributed by atoms with van der Waals surface area (Å²) in [6.45, 7) is 0. The standard InChI is InChI=1S/C16H17N5O2/c1-20-10-12(9-17-20)18-16(22)15-8-14(19-21(15)2)11-4-6-13(23-3)7-5-11/h4-10H,1-3H3,(H,18,22). The molecule has 0 bridgehead atoms. The molecule has 0 fully saturated rings. The second-order valence-electron chi connectivity index (χ2n) is 5.12. The molecule has 1 N–H and O–H groups in total. The molecule has 0 radical (unpaired) electrons. The minimum atomic E-state index is -0.229. The van der Waals surface area contributed by atoms with Crippen molar-refractivity contribution in [2.75, 3.05) is 12.4 Å². The largest absolute Gasteiger partial charge is 0.497 e. The number of ether oxygens (including phenoxy) is 1. The summed E-state index contributed by atoms with van der Waals surface area (Å²) in [4.78, 5) is 12.4. The highest BCUT2D eigenvalue weighted by Crippen LogP contribution is 2.22. The van der Waals surface area contributed by atoms with Crippen molar-refractivity contribution in [3.63, 3.8) is 0 Å². The van der Waals surface area contributed by atoms with Gasteiger partial charge in [-0.25, -0.2) is 0 Å². The van der Waals surface area contributed by atoms with Crippen molar-refractivity contribution >= 4 is 11.6 Å². The van der Waals surface area contributed by atoms with Gasteiger partial charge in [0.1, 0.15) is 11.4 Å². The molecule has 2 aromatic heterocycles. The van der Waals surface area contributed by atoms with Crippen molar-refractivity contribution in [1.29, 1.82) is 0 Å². The van der Waals surface area contributed by atoms with Crippen molar-refractivity contribution in [3.8, 4) is 17.0 Å². The van der Waals surface area contributed by atoms with Crippen LogP contribution in [0.25, 0.3) is 11.3 Å². The summed E-state index contributed by atoms with van der Waals surface area (Å²) in [5, 5.41) is 11.2. The third-order valence-corrected chi connectivity index (χ3v) is 3.46. The van der Waals surface area contributed by atoms with Gasteiger partial charge in [-0.2, -0.15) is 10.2 Å². The predicted octanol–water partition coefficient (Wildman–Crippen LogP) is 2.08. The van der Waals surface area contributed by atoms with Crippen molar-refractivity contribution in [2.45, 2.75) is 0 Å². The molecular weight excluding hydrogens is 294 g/mol. The molecule has 3 aromatic rings. The van der Waals surface area contributed by atoms with Crippen molar-refractivity contribution in [1.82, 2.24) is 19.6 Å². The number of aromatic nitrogens is 4. The third kappa shape index (κ3) is 3.08. The first-order valence-corrected chi connectivity index (χ1v) is 7.05. The Balaban J connectivity index is 1.83. The van der Waals surface area contributed by atoms with E-state index in [1.165, 1.54) is 0 Å². The van der Waals surface area contributed by atoms with Gasteiger partial charge in [-0.15, -0.1) is 0 Å². The SMILES string of the molecule is COc1ccc(-c2cc(C(=O)Nc3cnn(C)c3)n(C)n2)cc1. The Morgan fingerprint density at radius 3 is 2.57 bits per heavy atom. The molecule has 1 amide bonds. The molecule has 23 heavy (non-hydrogen) atoms. The number of anilines is 1. The first kappa shape index (κ1) is 14.8. The van der Waals surface area contributed by atoms with E-state index in [0.29, 0.717) is 11.4 Å². The third-order valence-electron chi connectivity index (χ3n) is 3.46. The number of hydrogen-bond acceptors (Lipinski definition) is 4. The Labute approximate surface area is 133 Å². The quantitative estimate of drug-likeness (QED) is 0.800. The monoisotopic (exact) mass is 311 g/mol. The zero-order valence-electron chi connectivity index (χ0n) is 13.1. The van der Waals surface area contributed by atoms with E-state index in [0.717, 1.165) is 17.0 Å². The lowest BCUT2D eigenvalue weighted by molar-refractivity contribution is 0.101. The van der Waals surface area contributed by atoms with Gasteiger partial charge in [0.15, 0.2) is 0 Å². The lowest BCUT2D eigenvalue weighted by atomic mass is 10.1. The first-order chi connectivity index (χ1) is 11.1. The van der Waals surface area contributed by atoms with E-state index in [9.17, 15) is 4.79 Å². The lowest BCUT2D eigenvalue weighted by Gasteiger charge is -2.01. The molecule has 2 heterocycles. The summed E-state index contributed by atoms with van der Waals surface area (Å²) in [7, 11) is 5.16. The van der Waals surface area contributed by atoms with E-state index in [-0.39, 0.29) is 5.91 Å². The fourth-order valence-electron chi connectivity index (χ4n) is 2.26. The fraction of sp³-hybridized carbons (Fsp3) is 0.188. The number of nitrogens with one attached hydrogen (secondary N) is 1. The van der Waals surface area contributed by atoms with Crippen molar-refractivity contribution in [2.24, 2.45) is 14.1 Å². The predicted molar refractivity (Wildman–Crippen MR) is 86.4 cm³/mol. The van der Waals surface area contributed by atoms with Gasteiger partial charge in [0.25, 0.3) is 5.91 Å².